The van der Waals surface area contributed by atoms with Crippen LogP contribution in [0.25, 0.3) is 0 Å². The number of amides is 2. The molecule has 4 N–H and O–H groups in total. The van der Waals surface area contributed by atoms with Crippen LogP contribution in [0.15, 0.2) is 24.3 Å². The Bertz CT molecular complexity index is 1380. The summed E-state index contributed by atoms with van der Waals surface area (Å²) in [5, 5.41) is 23.3. The van der Waals surface area contributed by atoms with Crippen molar-refractivity contribution < 1.29 is 48.5 Å². The third kappa shape index (κ3) is 34.5. The fourth-order valence-corrected chi connectivity index (χ4v) is 8.19. The molecule has 0 spiro atoms. The number of aliphatic carboxylic acids is 2. The van der Waals surface area contributed by atoms with Crippen molar-refractivity contribution in [3.05, 3.63) is 29.8 Å². The molecule has 0 aromatic heterocycles. The number of hydrogen-bond donors (Lipinski definition) is 4. The van der Waals surface area contributed by atoms with E-state index in [1.54, 1.807) is 0 Å². The molecule has 0 aliphatic heterocycles. The van der Waals surface area contributed by atoms with Crippen molar-refractivity contribution in [2.24, 2.45) is 0 Å². The van der Waals surface area contributed by atoms with Crippen LogP contribution in [0.4, 0.5) is 5.69 Å². The van der Waals surface area contributed by atoms with Gasteiger partial charge in [0.2, 0.25) is 5.91 Å². The van der Waals surface area contributed by atoms with Crippen LogP contribution >= 0.6 is 11.8 Å². The number of thioether (sulfide) groups is 1. The van der Waals surface area contributed by atoms with E-state index in [4.69, 9.17) is 14.6 Å². The summed E-state index contributed by atoms with van der Waals surface area (Å²) in [6.45, 7) is 4.47. The lowest BCUT2D eigenvalue weighted by Crippen LogP contribution is -2.41. The van der Waals surface area contributed by atoms with E-state index in [1.165, 1.54) is 164 Å². The minimum absolute atomic E-state index is 0.0203. The molecule has 0 fully saturated rings. The molecule has 0 heterocycles. The van der Waals surface area contributed by atoms with E-state index in [0.717, 1.165) is 38.5 Å². The Kier molecular flexibility index (Phi) is 36.4. The maximum Gasteiger partial charge on any atom is 0.326 e. The summed E-state index contributed by atoms with van der Waals surface area (Å²) in [6, 6.07) is 4.57. The second-order valence-corrected chi connectivity index (χ2v) is 18.2. The highest BCUT2D eigenvalue weighted by molar-refractivity contribution is 7.99. The molecule has 0 saturated heterocycles. The van der Waals surface area contributed by atoms with Crippen LogP contribution in [0.5, 0.6) is 0 Å². The highest BCUT2D eigenvalue weighted by atomic mass is 32.2. The first-order valence-corrected chi connectivity index (χ1v) is 25.8. The zero-order valence-corrected chi connectivity index (χ0v) is 39.9. The van der Waals surface area contributed by atoms with Gasteiger partial charge in [0, 0.05) is 48.4 Å². The van der Waals surface area contributed by atoms with Crippen LogP contribution in [0.3, 0.4) is 0 Å². The molecule has 1 aromatic rings. The zero-order valence-electron chi connectivity index (χ0n) is 39.1. The Morgan fingerprint density at radius 3 is 1.46 bits per heavy atom. The second kappa shape index (κ2) is 39.9. The zero-order chi connectivity index (χ0) is 46.2. The molecule has 2 amide bonds. The number of unbranched alkanes of at least 4 members (excludes halogenated alkanes) is 24. The molecule has 1 rings (SSSR count). The summed E-state index contributed by atoms with van der Waals surface area (Å²) in [5.74, 6) is -3.22. The Balaban J connectivity index is 2.48. The van der Waals surface area contributed by atoms with Gasteiger partial charge in [0.1, 0.15) is 18.8 Å². The summed E-state index contributed by atoms with van der Waals surface area (Å²) in [7, 11) is 0. The SMILES string of the molecule is CCCCCCCCCCCCCCCC(=O)OC[C@H](CSCCC(=O)Nc1ccc(C(=O)N[C@@H](CCC(=O)O)C(=O)O)cc1)OC(=O)CCCCCCCCCCCCCCC. The molecule has 13 heteroatoms. The van der Waals surface area contributed by atoms with Gasteiger partial charge in [-0.1, -0.05) is 168 Å². The van der Waals surface area contributed by atoms with Crippen molar-refractivity contribution >= 4 is 53.1 Å². The van der Waals surface area contributed by atoms with Crippen molar-refractivity contribution in [3.8, 4) is 0 Å². The van der Waals surface area contributed by atoms with Crippen LogP contribution in [-0.4, -0.2) is 76.2 Å². The molecule has 360 valence electrons. The number of rotatable bonds is 43. The quantitative estimate of drug-likeness (QED) is 0.0361. The Morgan fingerprint density at radius 1 is 0.571 bits per heavy atom. The van der Waals surface area contributed by atoms with E-state index in [1.807, 2.05) is 0 Å². The molecule has 0 bridgehead atoms. The summed E-state index contributed by atoms with van der Waals surface area (Å²) < 4.78 is 11.4. The largest absolute Gasteiger partial charge is 0.481 e. The summed E-state index contributed by atoms with van der Waals surface area (Å²) >= 11 is 1.43. The van der Waals surface area contributed by atoms with E-state index >= 15 is 0 Å². The van der Waals surface area contributed by atoms with Gasteiger partial charge in [0.25, 0.3) is 5.91 Å². The molecule has 0 unspecified atom stereocenters. The minimum atomic E-state index is -1.35. The second-order valence-electron chi connectivity index (χ2n) is 17.0. The highest BCUT2D eigenvalue weighted by Gasteiger charge is 2.22. The first-order chi connectivity index (χ1) is 30.5. The maximum absolute atomic E-state index is 12.8. The van der Waals surface area contributed by atoms with Crippen LogP contribution in [-0.2, 0) is 33.4 Å². The Labute approximate surface area is 383 Å². The number of nitrogens with one attached hydrogen (secondary N) is 2. The lowest BCUT2D eigenvalue weighted by molar-refractivity contribution is -0.157. The van der Waals surface area contributed by atoms with Gasteiger partial charge < -0.3 is 30.3 Å². The fourth-order valence-electron chi connectivity index (χ4n) is 7.27. The van der Waals surface area contributed by atoms with E-state index in [0.29, 0.717) is 30.0 Å². The van der Waals surface area contributed by atoms with Crippen molar-refractivity contribution in [1.82, 2.24) is 5.32 Å². The maximum atomic E-state index is 12.8. The third-order valence-electron chi connectivity index (χ3n) is 11.2. The van der Waals surface area contributed by atoms with Crippen molar-refractivity contribution in [2.75, 3.05) is 23.4 Å². The average molecular weight is 905 g/mol. The smallest absolute Gasteiger partial charge is 0.326 e. The molecular weight excluding hydrogens is 821 g/mol. The number of ether oxygens (including phenoxy) is 2. The number of hydrogen-bond acceptors (Lipinski definition) is 9. The van der Waals surface area contributed by atoms with Gasteiger partial charge in [-0.3, -0.25) is 24.0 Å². The van der Waals surface area contributed by atoms with Gasteiger partial charge in [-0.05, 0) is 43.5 Å². The molecule has 0 aliphatic rings. The number of carboxylic acid groups (broad SMARTS) is 2. The summed E-state index contributed by atoms with van der Waals surface area (Å²) in [6.07, 6.45) is 31.4. The lowest BCUT2D eigenvalue weighted by Gasteiger charge is -2.18. The number of carbonyl (C=O) groups excluding carboxylic acids is 4. The van der Waals surface area contributed by atoms with Crippen LogP contribution in [0.1, 0.15) is 223 Å². The number of carboxylic acids is 2. The van der Waals surface area contributed by atoms with Gasteiger partial charge in [0.15, 0.2) is 0 Å². The predicted molar refractivity (Wildman–Crippen MR) is 254 cm³/mol. The normalized spacial score (nSPS) is 12.0. The molecule has 1 aromatic carbocycles. The van der Waals surface area contributed by atoms with E-state index in [-0.39, 0.29) is 42.9 Å². The van der Waals surface area contributed by atoms with Crippen molar-refractivity contribution in [2.45, 2.75) is 225 Å². The first-order valence-electron chi connectivity index (χ1n) is 24.6. The van der Waals surface area contributed by atoms with Gasteiger partial charge >= 0.3 is 23.9 Å². The Morgan fingerprint density at radius 2 is 1.02 bits per heavy atom. The number of anilines is 1. The van der Waals surface area contributed by atoms with Gasteiger partial charge in [0.05, 0.1) is 0 Å². The number of carbonyl (C=O) groups is 6. The molecule has 0 radical (unpaired) electrons. The lowest BCUT2D eigenvalue weighted by atomic mass is 10.0. The van der Waals surface area contributed by atoms with E-state index < -0.39 is 36.4 Å². The Hall–Kier alpha value is -3.61. The minimum Gasteiger partial charge on any atom is -0.481 e. The molecule has 12 nitrogen and oxygen atoms in total. The van der Waals surface area contributed by atoms with Crippen LogP contribution in [0.2, 0.25) is 0 Å². The molecule has 0 saturated carbocycles. The third-order valence-corrected chi connectivity index (χ3v) is 12.3. The van der Waals surface area contributed by atoms with E-state index in [9.17, 15) is 33.9 Å². The van der Waals surface area contributed by atoms with Crippen molar-refractivity contribution in [1.29, 1.82) is 0 Å². The van der Waals surface area contributed by atoms with Crippen molar-refractivity contribution in [3.63, 3.8) is 0 Å². The van der Waals surface area contributed by atoms with Crippen LogP contribution < -0.4 is 10.6 Å². The molecular formula is C50H84N2O10S. The van der Waals surface area contributed by atoms with Crippen LogP contribution in [0, 0.1) is 0 Å². The summed E-state index contributed by atoms with van der Waals surface area (Å²) in [5.41, 5.74) is 0.599. The number of benzene rings is 1. The average Bonchev–Trinajstić information content (AvgIpc) is 3.26. The predicted octanol–water partition coefficient (Wildman–Crippen LogP) is 12.2. The molecule has 2 atom stereocenters. The monoisotopic (exact) mass is 905 g/mol. The van der Waals surface area contributed by atoms with E-state index in [2.05, 4.69) is 24.5 Å². The molecule has 63 heavy (non-hydrogen) atoms. The van der Waals surface area contributed by atoms with Gasteiger partial charge in [-0.25, -0.2) is 4.79 Å². The summed E-state index contributed by atoms with van der Waals surface area (Å²) in [4.78, 5) is 73.0. The van der Waals surface area contributed by atoms with Gasteiger partial charge in [-0.2, -0.15) is 11.8 Å². The standard InChI is InChI=1S/C50H84N2O10S/c1-3-5-7-9-11-13-15-17-19-21-23-25-27-29-47(56)61-39-43(62-48(57)30-28-26-24-22-20-18-16-14-12-10-8-6-4-2)40-63-38-37-45(53)51-42-33-31-41(32-34-42)49(58)52-44(50(59)60)35-36-46(54)55/h31-34,43-44H,3-30,35-40H2,1-2H3,(H,51,53)(H,52,58)(H,54,55)(H,59,60)/t43-,44+/m1/s1. The fraction of sp³-hybridized carbons (Fsp3) is 0.760. The highest BCUT2D eigenvalue weighted by Crippen LogP contribution is 2.17. The molecule has 0 aliphatic carbocycles. The topological polar surface area (TPSA) is 185 Å². The van der Waals surface area contributed by atoms with Gasteiger partial charge in [-0.15, -0.1) is 0 Å². The first kappa shape index (κ1) is 57.4. The number of esters is 2.